The van der Waals surface area contributed by atoms with E-state index in [-0.39, 0.29) is 24.6 Å². The number of nitrogens with one attached hydrogen (secondary N) is 1. The maximum Gasteiger partial charge on any atom is 0.265 e. The normalized spacial score (nSPS) is 17.5. The van der Waals surface area contributed by atoms with E-state index < -0.39 is 0 Å². The number of ether oxygens (including phenoxy) is 2. The van der Waals surface area contributed by atoms with Crippen molar-refractivity contribution in [2.24, 2.45) is 0 Å². The van der Waals surface area contributed by atoms with E-state index >= 15 is 0 Å². The van der Waals surface area contributed by atoms with Crippen LogP contribution in [-0.2, 0) is 4.74 Å². The van der Waals surface area contributed by atoms with E-state index in [2.05, 4.69) is 25.3 Å². The molecule has 0 radical (unpaired) electrons. The lowest BCUT2D eigenvalue weighted by molar-refractivity contribution is 0.0469. The first-order chi connectivity index (χ1) is 12.5. The number of carbonyl (C=O) groups is 1. The van der Waals surface area contributed by atoms with Gasteiger partial charge in [0.1, 0.15) is 31.0 Å². The number of halogens is 1. The molecule has 2 aromatic carbocycles. The van der Waals surface area contributed by atoms with Crippen LogP contribution in [-0.4, -0.2) is 36.9 Å². The summed E-state index contributed by atoms with van der Waals surface area (Å²) < 4.78 is 24.5. The fourth-order valence-corrected chi connectivity index (χ4v) is 2.81. The Morgan fingerprint density at radius 3 is 2.73 bits per heavy atom. The molecule has 5 nitrogen and oxygen atoms in total. The van der Waals surface area contributed by atoms with Crippen LogP contribution < -0.4 is 10.2 Å². The predicted molar refractivity (Wildman–Crippen MR) is 96.3 cm³/mol. The average Bonchev–Trinajstić information content (AvgIpc) is 3.08. The largest absolute Gasteiger partial charge is 0.491 e. The van der Waals surface area contributed by atoms with Crippen LogP contribution in [0.2, 0.25) is 0 Å². The zero-order valence-electron chi connectivity index (χ0n) is 14.9. The zero-order chi connectivity index (χ0) is 18.5. The Labute approximate surface area is 152 Å². The highest BCUT2D eigenvalue weighted by Gasteiger charge is 2.25. The summed E-state index contributed by atoms with van der Waals surface area (Å²) in [6.07, 6.45) is -0.135. The number of benzene rings is 2. The molecular formula is C20H23FN2O3. The number of hydrazine groups is 1. The third-order valence-electron chi connectivity index (χ3n) is 4.22. The van der Waals surface area contributed by atoms with Crippen molar-refractivity contribution in [2.45, 2.75) is 25.9 Å². The summed E-state index contributed by atoms with van der Waals surface area (Å²) >= 11 is 0. The lowest BCUT2D eigenvalue weighted by Crippen LogP contribution is -2.41. The van der Waals surface area contributed by atoms with Gasteiger partial charge in [0.2, 0.25) is 0 Å². The molecule has 0 bridgehead atoms. The van der Waals surface area contributed by atoms with Gasteiger partial charge in [-0.1, -0.05) is 32.0 Å². The second kappa shape index (κ2) is 8.29. The van der Waals surface area contributed by atoms with Crippen molar-refractivity contribution < 1.29 is 18.7 Å². The number of nitrogens with zero attached hydrogens (tertiary/aromatic N) is 1. The summed E-state index contributed by atoms with van der Waals surface area (Å²) in [4.78, 5) is 12.2. The Morgan fingerprint density at radius 2 is 2.00 bits per heavy atom. The quantitative estimate of drug-likeness (QED) is 0.861. The Morgan fingerprint density at radius 1 is 1.27 bits per heavy atom. The second-order valence-corrected chi connectivity index (χ2v) is 6.59. The molecule has 1 unspecified atom stereocenters. The molecule has 1 saturated heterocycles. The van der Waals surface area contributed by atoms with Gasteiger partial charge in [0.25, 0.3) is 5.91 Å². The molecule has 1 atom stereocenters. The average molecular weight is 358 g/mol. The Bertz CT molecular complexity index is 749. The van der Waals surface area contributed by atoms with Crippen LogP contribution in [0, 0.1) is 5.82 Å². The van der Waals surface area contributed by atoms with E-state index in [0.29, 0.717) is 24.6 Å². The van der Waals surface area contributed by atoms with E-state index in [9.17, 15) is 9.18 Å². The fraction of sp³-hybridized carbons (Fsp3) is 0.350. The van der Waals surface area contributed by atoms with Gasteiger partial charge in [0.15, 0.2) is 0 Å². The van der Waals surface area contributed by atoms with Crippen LogP contribution >= 0.6 is 0 Å². The highest BCUT2D eigenvalue weighted by atomic mass is 19.1. The smallest absolute Gasteiger partial charge is 0.265 e. The molecule has 1 aliphatic rings. The van der Waals surface area contributed by atoms with E-state index in [1.807, 2.05) is 18.2 Å². The van der Waals surface area contributed by atoms with Crippen LogP contribution in [0.25, 0.3) is 0 Å². The van der Waals surface area contributed by atoms with Gasteiger partial charge in [0.05, 0.1) is 6.54 Å². The van der Waals surface area contributed by atoms with Crippen LogP contribution in [0.4, 0.5) is 4.39 Å². The van der Waals surface area contributed by atoms with Crippen molar-refractivity contribution in [1.29, 1.82) is 0 Å². The molecule has 6 heteroatoms. The minimum atomic E-state index is -0.370. The van der Waals surface area contributed by atoms with Crippen LogP contribution in [0.3, 0.4) is 0 Å². The van der Waals surface area contributed by atoms with Gasteiger partial charge in [-0.05, 0) is 41.8 Å². The third-order valence-corrected chi connectivity index (χ3v) is 4.22. The number of para-hydroxylation sites is 1. The van der Waals surface area contributed by atoms with E-state index in [1.54, 1.807) is 5.01 Å². The molecule has 1 amide bonds. The minimum absolute atomic E-state index is 0.135. The highest BCUT2D eigenvalue weighted by molar-refractivity contribution is 5.93. The van der Waals surface area contributed by atoms with Gasteiger partial charge in [-0.3, -0.25) is 10.2 Å². The fourth-order valence-electron chi connectivity index (χ4n) is 2.81. The van der Waals surface area contributed by atoms with Crippen molar-refractivity contribution >= 4 is 5.91 Å². The van der Waals surface area contributed by atoms with Gasteiger partial charge in [0, 0.05) is 5.56 Å². The van der Waals surface area contributed by atoms with Crippen molar-refractivity contribution in [3.8, 4) is 5.75 Å². The molecule has 0 spiro atoms. The first-order valence-corrected chi connectivity index (χ1v) is 8.67. The standard InChI is InChI=1S/C20H23FN2O3/c1-14(2)18-5-3-4-6-19(18)25-12-17-11-23(13-26-17)22-20(24)15-7-9-16(21)10-8-15/h3-10,14,17H,11-13H2,1-2H3,(H,22,24). The maximum absolute atomic E-state index is 12.9. The highest BCUT2D eigenvalue weighted by Crippen LogP contribution is 2.26. The van der Waals surface area contributed by atoms with Crippen LogP contribution in [0.15, 0.2) is 48.5 Å². The van der Waals surface area contributed by atoms with Crippen molar-refractivity contribution in [3.63, 3.8) is 0 Å². The molecule has 2 aromatic rings. The van der Waals surface area contributed by atoms with E-state index in [1.165, 1.54) is 24.3 Å². The van der Waals surface area contributed by atoms with Crippen molar-refractivity contribution in [2.75, 3.05) is 19.9 Å². The molecule has 1 heterocycles. The second-order valence-electron chi connectivity index (χ2n) is 6.59. The predicted octanol–water partition coefficient (Wildman–Crippen LogP) is 3.33. The number of amides is 1. The first-order valence-electron chi connectivity index (χ1n) is 8.67. The molecule has 26 heavy (non-hydrogen) atoms. The van der Waals surface area contributed by atoms with Gasteiger partial charge in [-0.15, -0.1) is 0 Å². The SMILES string of the molecule is CC(C)c1ccccc1OCC1CN(NC(=O)c2ccc(F)cc2)CO1. The molecule has 0 saturated carbocycles. The van der Waals surface area contributed by atoms with E-state index in [0.717, 1.165) is 11.3 Å². The lowest BCUT2D eigenvalue weighted by atomic mass is 10.0. The summed E-state index contributed by atoms with van der Waals surface area (Å²) in [5.74, 6) is 0.576. The maximum atomic E-state index is 12.9. The molecule has 1 aliphatic heterocycles. The Balaban J connectivity index is 1.50. The molecular weight excluding hydrogens is 335 g/mol. The van der Waals surface area contributed by atoms with Crippen LogP contribution in [0.1, 0.15) is 35.7 Å². The number of carbonyl (C=O) groups excluding carboxylic acids is 1. The minimum Gasteiger partial charge on any atom is -0.491 e. The van der Waals surface area contributed by atoms with Gasteiger partial charge in [-0.25, -0.2) is 4.39 Å². The molecule has 3 rings (SSSR count). The summed E-state index contributed by atoms with van der Waals surface area (Å²) in [7, 11) is 0. The number of hydrogen-bond donors (Lipinski definition) is 1. The molecule has 1 fully saturated rings. The summed E-state index contributed by atoms with van der Waals surface area (Å²) in [6.45, 7) is 5.47. The van der Waals surface area contributed by atoms with Gasteiger partial charge in [-0.2, -0.15) is 5.01 Å². The third kappa shape index (κ3) is 4.59. The van der Waals surface area contributed by atoms with Gasteiger partial charge >= 0.3 is 0 Å². The molecule has 0 aliphatic carbocycles. The Hall–Kier alpha value is -2.44. The topological polar surface area (TPSA) is 50.8 Å². The molecule has 1 N–H and O–H groups in total. The monoisotopic (exact) mass is 358 g/mol. The zero-order valence-corrected chi connectivity index (χ0v) is 14.9. The summed E-state index contributed by atoms with van der Waals surface area (Å²) in [5, 5.41) is 1.69. The van der Waals surface area contributed by atoms with Crippen molar-refractivity contribution in [1.82, 2.24) is 10.4 Å². The molecule has 0 aromatic heterocycles. The Kier molecular flexibility index (Phi) is 5.85. The number of hydrogen-bond acceptors (Lipinski definition) is 4. The van der Waals surface area contributed by atoms with E-state index in [4.69, 9.17) is 9.47 Å². The van der Waals surface area contributed by atoms with Crippen molar-refractivity contribution in [3.05, 3.63) is 65.5 Å². The lowest BCUT2D eigenvalue weighted by Gasteiger charge is -2.17. The summed E-state index contributed by atoms with van der Waals surface area (Å²) in [5.41, 5.74) is 4.32. The number of rotatable bonds is 6. The van der Waals surface area contributed by atoms with Gasteiger partial charge < -0.3 is 9.47 Å². The first kappa shape index (κ1) is 18.4. The molecule has 138 valence electrons. The summed E-state index contributed by atoms with van der Waals surface area (Å²) in [6, 6.07) is 13.4. The van der Waals surface area contributed by atoms with Crippen LogP contribution in [0.5, 0.6) is 5.75 Å².